The van der Waals surface area contributed by atoms with Gasteiger partial charge in [-0.2, -0.15) is 0 Å². The van der Waals surface area contributed by atoms with Gasteiger partial charge >= 0.3 is 0 Å². The number of para-hydroxylation sites is 1. The molecule has 0 amide bonds. The number of nitro benzene ring substituents is 1. The van der Waals surface area contributed by atoms with E-state index in [0.29, 0.717) is 6.54 Å². The molecule has 21 heavy (non-hydrogen) atoms. The molecule has 0 aliphatic heterocycles. The van der Waals surface area contributed by atoms with Gasteiger partial charge in [0.1, 0.15) is 0 Å². The van der Waals surface area contributed by atoms with Crippen LogP contribution in [0.2, 0.25) is 0 Å². The maximum atomic E-state index is 10.6. The number of anilines is 1. The molecule has 0 bridgehead atoms. The van der Waals surface area contributed by atoms with E-state index in [0.717, 1.165) is 22.2 Å². The molecule has 3 aromatic rings. The van der Waals surface area contributed by atoms with E-state index >= 15 is 0 Å². The van der Waals surface area contributed by atoms with Crippen LogP contribution < -0.4 is 5.32 Å². The quantitative estimate of drug-likeness (QED) is 0.583. The summed E-state index contributed by atoms with van der Waals surface area (Å²) in [6.07, 6.45) is 1.79. The van der Waals surface area contributed by atoms with E-state index in [9.17, 15) is 10.1 Å². The summed E-state index contributed by atoms with van der Waals surface area (Å²) >= 11 is 0. The number of fused-ring (bicyclic) bond motifs is 1. The Hall–Kier alpha value is -2.95. The molecule has 1 aromatic heterocycles. The molecule has 104 valence electrons. The Morgan fingerprint density at radius 3 is 2.62 bits per heavy atom. The van der Waals surface area contributed by atoms with Crippen LogP contribution in [0, 0.1) is 10.1 Å². The van der Waals surface area contributed by atoms with Crippen molar-refractivity contribution in [3.8, 4) is 0 Å². The molecule has 0 aliphatic carbocycles. The van der Waals surface area contributed by atoms with Gasteiger partial charge in [-0.3, -0.25) is 15.1 Å². The van der Waals surface area contributed by atoms with Crippen LogP contribution in [0.15, 0.2) is 60.8 Å². The predicted molar refractivity (Wildman–Crippen MR) is 82.2 cm³/mol. The molecule has 0 spiro atoms. The lowest BCUT2D eigenvalue weighted by atomic mass is 10.2. The first-order chi connectivity index (χ1) is 10.2. The largest absolute Gasteiger partial charge is 0.380 e. The molecule has 1 heterocycles. The second kappa shape index (κ2) is 5.58. The second-order valence-corrected chi connectivity index (χ2v) is 4.69. The monoisotopic (exact) mass is 279 g/mol. The van der Waals surface area contributed by atoms with Crippen molar-refractivity contribution in [3.63, 3.8) is 0 Å². The lowest BCUT2D eigenvalue weighted by Gasteiger charge is -2.07. The lowest BCUT2D eigenvalue weighted by molar-refractivity contribution is -0.384. The van der Waals surface area contributed by atoms with Gasteiger partial charge in [0, 0.05) is 24.1 Å². The number of aromatic nitrogens is 1. The summed E-state index contributed by atoms with van der Waals surface area (Å²) in [4.78, 5) is 14.6. The fraction of sp³-hybridized carbons (Fsp3) is 0.0625. The molecule has 0 atom stereocenters. The first-order valence-corrected chi connectivity index (χ1v) is 6.54. The van der Waals surface area contributed by atoms with Gasteiger partial charge in [-0.1, -0.05) is 30.3 Å². The van der Waals surface area contributed by atoms with E-state index in [1.807, 2.05) is 30.3 Å². The van der Waals surface area contributed by atoms with Gasteiger partial charge in [-0.15, -0.1) is 0 Å². The van der Waals surface area contributed by atoms with Crippen molar-refractivity contribution in [1.29, 1.82) is 0 Å². The Kier molecular flexibility index (Phi) is 3.47. The molecular formula is C16H13N3O2. The topological polar surface area (TPSA) is 68.1 Å². The minimum atomic E-state index is -0.398. The van der Waals surface area contributed by atoms with Gasteiger partial charge in [0.2, 0.25) is 0 Å². The van der Waals surface area contributed by atoms with Crippen molar-refractivity contribution in [2.24, 2.45) is 0 Å². The van der Waals surface area contributed by atoms with Gasteiger partial charge in [0.15, 0.2) is 0 Å². The van der Waals surface area contributed by atoms with E-state index in [4.69, 9.17) is 0 Å². The highest BCUT2D eigenvalue weighted by molar-refractivity contribution is 5.81. The van der Waals surface area contributed by atoms with Crippen molar-refractivity contribution >= 4 is 22.3 Å². The Morgan fingerprint density at radius 2 is 1.86 bits per heavy atom. The number of benzene rings is 2. The van der Waals surface area contributed by atoms with Crippen molar-refractivity contribution in [1.82, 2.24) is 4.98 Å². The van der Waals surface area contributed by atoms with Crippen LogP contribution in [0.1, 0.15) is 5.56 Å². The number of non-ortho nitro benzene ring substituents is 1. The summed E-state index contributed by atoms with van der Waals surface area (Å²) in [5.74, 6) is 0. The first-order valence-electron chi connectivity index (χ1n) is 6.54. The zero-order chi connectivity index (χ0) is 14.7. The number of pyridine rings is 1. The molecule has 0 saturated carbocycles. The number of rotatable bonds is 4. The Bertz CT molecular complexity index is 785. The smallest absolute Gasteiger partial charge is 0.269 e. The lowest BCUT2D eigenvalue weighted by Crippen LogP contribution is -2.00. The minimum absolute atomic E-state index is 0.103. The summed E-state index contributed by atoms with van der Waals surface area (Å²) in [6.45, 7) is 0.595. The van der Waals surface area contributed by atoms with Crippen molar-refractivity contribution in [2.45, 2.75) is 6.54 Å². The molecule has 5 heteroatoms. The Morgan fingerprint density at radius 1 is 1.10 bits per heavy atom. The third-order valence-electron chi connectivity index (χ3n) is 3.23. The van der Waals surface area contributed by atoms with E-state index < -0.39 is 4.92 Å². The average molecular weight is 279 g/mol. The van der Waals surface area contributed by atoms with Crippen molar-refractivity contribution in [3.05, 3.63) is 76.5 Å². The van der Waals surface area contributed by atoms with Crippen LogP contribution in [0.4, 0.5) is 11.4 Å². The van der Waals surface area contributed by atoms with E-state index in [1.165, 1.54) is 12.1 Å². The highest BCUT2D eigenvalue weighted by atomic mass is 16.6. The number of nitro groups is 1. The molecular weight excluding hydrogens is 266 g/mol. The minimum Gasteiger partial charge on any atom is -0.380 e. The normalized spacial score (nSPS) is 10.5. The maximum Gasteiger partial charge on any atom is 0.269 e. The summed E-state index contributed by atoms with van der Waals surface area (Å²) < 4.78 is 0. The molecule has 0 fully saturated rings. The van der Waals surface area contributed by atoms with Crippen LogP contribution in [0.25, 0.3) is 10.9 Å². The van der Waals surface area contributed by atoms with Crippen LogP contribution in [-0.2, 0) is 6.54 Å². The zero-order valence-corrected chi connectivity index (χ0v) is 11.2. The van der Waals surface area contributed by atoms with Crippen LogP contribution in [0.5, 0.6) is 0 Å². The van der Waals surface area contributed by atoms with Gasteiger partial charge < -0.3 is 5.32 Å². The first kappa shape index (κ1) is 13.1. The van der Waals surface area contributed by atoms with Crippen molar-refractivity contribution < 1.29 is 4.92 Å². The standard InChI is InChI=1S/C16H13N3O2/c20-19(21)15-7-5-12(6-8-15)10-17-14-9-13-3-1-2-4-16(13)18-11-14/h1-9,11,17H,10H2. The van der Waals surface area contributed by atoms with Gasteiger partial charge in [-0.25, -0.2) is 0 Å². The number of nitrogens with zero attached hydrogens (tertiary/aromatic N) is 2. The van der Waals surface area contributed by atoms with Crippen LogP contribution in [-0.4, -0.2) is 9.91 Å². The molecule has 1 N–H and O–H groups in total. The summed E-state index contributed by atoms with van der Waals surface area (Å²) in [6, 6.07) is 16.5. The van der Waals surface area contributed by atoms with Gasteiger partial charge in [0.05, 0.1) is 22.3 Å². The highest BCUT2D eigenvalue weighted by Crippen LogP contribution is 2.17. The zero-order valence-electron chi connectivity index (χ0n) is 11.2. The van der Waals surface area contributed by atoms with Gasteiger partial charge in [0.25, 0.3) is 5.69 Å². The molecule has 2 aromatic carbocycles. The number of hydrogen-bond donors (Lipinski definition) is 1. The number of nitrogens with one attached hydrogen (secondary N) is 1. The molecule has 0 radical (unpaired) electrons. The van der Waals surface area contributed by atoms with Crippen LogP contribution >= 0.6 is 0 Å². The Labute approximate surface area is 121 Å². The molecule has 0 aliphatic rings. The molecule has 3 rings (SSSR count). The average Bonchev–Trinajstić information content (AvgIpc) is 2.53. The SMILES string of the molecule is O=[N+]([O-])c1ccc(CNc2cnc3ccccc3c2)cc1. The third-order valence-corrected chi connectivity index (χ3v) is 3.23. The second-order valence-electron chi connectivity index (χ2n) is 4.69. The highest BCUT2D eigenvalue weighted by Gasteiger charge is 2.04. The summed E-state index contributed by atoms with van der Waals surface area (Å²) in [7, 11) is 0. The van der Waals surface area contributed by atoms with Gasteiger partial charge in [-0.05, 0) is 17.7 Å². The van der Waals surface area contributed by atoms with E-state index in [2.05, 4.69) is 10.3 Å². The summed E-state index contributed by atoms with van der Waals surface area (Å²) in [5.41, 5.74) is 2.96. The van der Waals surface area contributed by atoms with Crippen molar-refractivity contribution in [2.75, 3.05) is 5.32 Å². The Balaban J connectivity index is 1.72. The summed E-state index contributed by atoms with van der Waals surface area (Å²) in [5, 5.41) is 14.9. The van der Waals surface area contributed by atoms with Crippen LogP contribution in [0.3, 0.4) is 0 Å². The fourth-order valence-electron chi connectivity index (χ4n) is 2.11. The van der Waals surface area contributed by atoms with E-state index in [-0.39, 0.29) is 5.69 Å². The predicted octanol–water partition coefficient (Wildman–Crippen LogP) is 3.76. The number of hydrogen-bond acceptors (Lipinski definition) is 4. The van der Waals surface area contributed by atoms with E-state index in [1.54, 1.807) is 18.3 Å². The molecule has 5 nitrogen and oxygen atoms in total. The maximum absolute atomic E-state index is 10.6. The molecule has 0 saturated heterocycles. The molecule has 0 unspecified atom stereocenters. The third kappa shape index (κ3) is 2.97. The fourth-order valence-corrected chi connectivity index (χ4v) is 2.11.